The first-order chi connectivity index (χ1) is 9.90. The van der Waals surface area contributed by atoms with Crippen LogP contribution in [0.4, 0.5) is 0 Å². The number of hydrogen-bond donors (Lipinski definition) is 2. The number of nitrogens with one attached hydrogen (secondary N) is 1. The number of carboxylic acids is 1. The monoisotopic (exact) mass is 316 g/mol. The highest BCUT2D eigenvalue weighted by Gasteiger charge is 2.31. The Kier molecular flexibility index (Phi) is 4.96. The van der Waals surface area contributed by atoms with Gasteiger partial charge in [0.1, 0.15) is 6.04 Å². The number of hydrogen-bond acceptors (Lipinski definition) is 4. The maximum Gasteiger partial charge on any atom is 0.326 e. The van der Waals surface area contributed by atoms with Gasteiger partial charge in [-0.15, -0.1) is 0 Å². The summed E-state index contributed by atoms with van der Waals surface area (Å²) in [6.45, 7) is 0.851. The molecule has 0 spiro atoms. The van der Waals surface area contributed by atoms with Crippen molar-refractivity contribution < 1.29 is 18.3 Å². The molecule has 1 fully saturated rings. The number of aryl methyl sites for hydroxylation is 1. The van der Waals surface area contributed by atoms with E-state index in [1.54, 1.807) is 7.05 Å². The molecule has 0 saturated carbocycles. The lowest BCUT2D eigenvalue weighted by Gasteiger charge is -2.22. The van der Waals surface area contributed by atoms with Crippen LogP contribution >= 0.6 is 0 Å². The standard InChI is InChI=1S/C12H20N4O4S/c1-15-9-10(8-13-15)11(12(17)18)14-21(19,20)16-6-4-2-3-5-7-16/h8-9,11,14H,2-7H2,1H3,(H,17,18). The van der Waals surface area contributed by atoms with Crippen LogP contribution < -0.4 is 4.72 Å². The lowest BCUT2D eigenvalue weighted by atomic mass is 10.2. The summed E-state index contributed by atoms with van der Waals surface area (Å²) in [5.41, 5.74) is 0.309. The molecule has 0 aromatic carbocycles. The highest BCUT2D eigenvalue weighted by Crippen LogP contribution is 2.17. The first kappa shape index (κ1) is 15.9. The minimum absolute atomic E-state index is 0.309. The number of aromatic nitrogens is 2. The molecule has 1 saturated heterocycles. The predicted octanol–water partition coefficient (Wildman–Crippen LogP) is 0.256. The third-order valence-corrected chi connectivity index (χ3v) is 5.06. The molecular weight excluding hydrogens is 296 g/mol. The van der Waals surface area contributed by atoms with Gasteiger partial charge in [0, 0.05) is 31.9 Å². The third-order valence-electron chi connectivity index (χ3n) is 3.48. The summed E-state index contributed by atoms with van der Waals surface area (Å²) in [6, 6.07) is -1.33. The van der Waals surface area contributed by atoms with Crippen LogP contribution in [0.3, 0.4) is 0 Å². The van der Waals surface area contributed by atoms with Crippen LogP contribution in [0, 0.1) is 0 Å². The number of carboxylic acid groups (broad SMARTS) is 1. The van der Waals surface area contributed by atoms with Gasteiger partial charge in [-0.1, -0.05) is 12.8 Å². The number of aliphatic carboxylic acids is 1. The van der Waals surface area contributed by atoms with Gasteiger partial charge in [-0.3, -0.25) is 9.48 Å². The van der Waals surface area contributed by atoms with Crippen molar-refractivity contribution in [3.8, 4) is 0 Å². The molecule has 1 aromatic rings. The molecule has 2 N–H and O–H groups in total. The van der Waals surface area contributed by atoms with Crippen LogP contribution in [0.2, 0.25) is 0 Å². The minimum Gasteiger partial charge on any atom is -0.480 e. The fourth-order valence-electron chi connectivity index (χ4n) is 2.36. The van der Waals surface area contributed by atoms with Crippen molar-refractivity contribution in [2.75, 3.05) is 13.1 Å². The Hall–Kier alpha value is -1.45. The number of nitrogens with zero attached hydrogens (tertiary/aromatic N) is 3. The molecule has 1 atom stereocenters. The summed E-state index contributed by atoms with van der Waals surface area (Å²) in [4.78, 5) is 11.4. The molecular formula is C12H20N4O4S. The molecule has 1 aromatic heterocycles. The van der Waals surface area contributed by atoms with E-state index in [2.05, 4.69) is 9.82 Å². The maximum absolute atomic E-state index is 12.4. The molecule has 0 bridgehead atoms. The second-order valence-electron chi connectivity index (χ2n) is 5.15. The lowest BCUT2D eigenvalue weighted by molar-refractivity contribution is -0.139. The lowest BCUT2D eigenvalue weighted by Crippen LogP contribution is -2.44. The van der Waals surface area contributed by atoms with Gasteiger partial charge in [-0.05, 0) is 12.8 Å². The topological polar surface area (TPSA) is 105 Å². The Bertz CT molecular complexity index is 590. The van der Waals surface area contributed by atoms with E-state index < -0.39 is 22.2 Å². The SMILES string of the molecule is Cn1cc(C(NS(=O)(=O)N2CCCCCC2)C(=O)O)cn1. The van der Waals surface area contributed by atoms with E-state index in [1.165, 1.54) is 21.4 Å². The van der Waals surface area contributed by atoms with E-state index >= 15 is 0 Å². The van der Waals surface area contributed by atoms with Gasteiger partial charge in [-0.25, -0.2) is 0 Å². The number of rotatable bonds is 5. The molecule has 118 valence electrons. The molecule has 2 rings (SSSR count). The summed E-state index contributed by atoms with van der Waals surface area (Å²) in [7, 11) is -2.18. The molecule has 21 heavy (non-hydrogen) atoms. The maximum atomic E-state index is 12.4. The van der Waals surface area contributed by atoms with E-state index in [-0.39, 0.29) is 0 Å². The Balaban J connectivity index is 2.17. The van der Waals surface area contributed by atoms with Crippen molar-refractivity contribution in [2.45, 2.75) is 31.7 Å². The van der Waals surface area contributed by atoms with Crippen molar-refractivity contribution >= 4 is 16.2 Å². The van der Waals surface area contributed by atoms with Crippen LogP contribution in [-0.2, 0) is 22.1 Å². The van der Waals surface area contributed by atoms with Crippen molar-refractivity contribution in [1.82, 2.24) is 18.8 Å². The second kappa shape index (κ2) is 6.54. The average Bonchev–Trinajstić information content (AvgIpc) is 2.67. The molecule has 8 nitrogen and oxygen atoms in total. The number of carbonyl (C=O) groups is 1. The minimum atomic E-state index is -3.82. The Morgan fingerprint density at radius 1 is 1.33 bits per heavy atom. The molecule has 0 aliphatic carbocycles. The van der Waals surface area contributed by atoms with E-state index in [9.17, 15) is 18.3 Å². The summed E-state index contributed by atoms with van der Waals surface area (Å²) >= 11 is 0. The Labute approximate surface area is 123 Å². The van der Waals surface area contributed by atoms with Crippen molar-refractivity contribution in [1.29, 1.82) is 0 Å². The molecule has 2 heterocycles. The van der Waals surface area contributed by atoms with Crippen molar-refractivity contribution in [3.05, 3.63) is 18.0 Å². The van der Waals surface area contributed by atoms with Crippen molar-refractivity contribution in [3.63, 3.8) is 0 Å². The van der Waals surface area contributed by atoms with Crippen LogP contribution in [0.15, 0.2) is 12.4 Å². The highest BCUT2D eigenvalue weighted by molar-refractivity contribution is 7.87. The van der Waals surface area contributed by atoms with Gasteiger partial charge in [0.2, 0.25) is 0 Å². The van der Waals surface area contributed by atoms with E-state index in [1.807, 2.05) is 0 Å². The smallest absolute Gasteiger partial charge is 0.326 e. The zero-order valence-corrected chi connectivity index (χ0v) is 12.7. The zero-order chi connectivity index (χ0) is 15.5. The van der Waals surface area contributed by atoms with Crippen LogP contribution in [-0.4, -0.2) is 46.7 Å². The normalized spacial score (nSPS) is 19.1. The Morgan fingerprint density at radius 2 is 1.95 bits per heavy atom. The van der Waals surface area contributed by atoms with Gasteiger partial charge >= 0.3 is 5.97 Å². The first-order valence-electron chi connectivity index (χ1n) is 6.89. The predicted molar refractivity (Wildman–Crippen MR) is 75.7 cm³/mol. The van der Waals surface area contributed by atoms with Crippen LogP contribution in [0.1, 0.15) is 37.3 Å². The highest BCUT2D eigenvalue weighted by atomic mass is 32.2. The molecule has 1 aliphatic heterocycles. The van der Waals surface area contributed by atoms with Gasteiger partial charge in [0.05, 0.1) is 6.20 Å². The van der Waals surface area contributed by atoms with E-state index in [4.69, 9.17) is 0 Å². The van der Waals surface area contributed by atoms with Gasteiger partial charge < -0.3 is 5.11 Å². The summed E-state index contributed by atoms with van der Waals surface area (Å²) in [6.07, 6.45) is 6.43. The molecule has 0 amide bonds. The summed E-state index contributed by atoms with van der Waals surface area (Å²) < 4.78 is 29.7. The summed E-state index contributed by atoms with van der Waals surface area (Å²) in [5.74, 6) is -1.25. The fourth-order valence-corrected chi connectivity index (χ4v) is 3.78. The van der Waals surface area contributed by atoms with Gasteiger partial charge in [0.15, 0.2) is 0 Å². The van der Waals surface area contributed by atoms with Gasteiger partial charge in [0.25, 0.3) is 10.2 Å². The molecule has 9 heteroatoms. The fraction of sp³-hybridized carbons (Fsp3) is 0.667. The average molecular weight is 316 g/mol. The van der Waals surface area contributed by atoms with E-state index in [0.29, 0.717) is 18.7 Å². The molecule has 1 aliphatic rings. The van der Waals surface area contributed by atoms with Crippen LogP contribution in [0.5, 0.6) is 0 Å². The second-order valence-corrected chi connectivity index (χ2v) is 6.86. The van der Waals surface area contributed by atoms with Gasteiger partial charge in [-0.2, -0.15) is 22.5 Å². The zero-order valence-electron chi connectivity index (χ0n) is 11.9. The summed E-state index contributed by atoms with van der Waals surface area (Å²) in [5, 5.41) is 13.2. The van der Waals surface area contributed by atoms with Crippen LogP contribution in [0.25, 0.3) is 0 Å². The third kappa shape index (κ3) is 4.02. The van der Waals surface area contributed by atoms with Crippen molar-refractivity contribution in [2.24, 2.45) is 7.05 Å². The molecule has 0 radical (unpaired) electrons. The van der Waals surface area contributed by atoms with E-state index in [0.717, 1.165) is 25.7 Å². The quantitative estimate of drug-likeness (QED) is 0.810. The molecule has 1 unspecified atom stereocenters. The Morgan fingerprint density at radius 3 is 2.43 bits per heavy atom. The first-order valence-corrected chi connectivity index (χ1v) is 8.33. The largest absolute Gasteiger partial charge is 0.480 e.